The zero-order valence-electron chi connectivity index (χ0n) is 16.5. The van der Waals surface area contributed by atoms with Gasteiger partial charge in [0.05, 0.1) is 6.54 Å². The third-order valence-electron chi connectivity index (χ3n) is 4.56. The molecule has 148 valence electrons. The number of aliphatic imine (C=N–C) groups is 1. The Morgan fingerprint density at radius 3 is 2.85 bits per heavy atom. The highest BCUT2D eigenvalue weighted by atomic mass is 32.2. The minimum atomic E-state index is -0.713. The molecule has 3 unspecified atom stereocenters. The van der Waals surface area contributed by atoms with Crippen LogP contribution in [0.5, 0.6) is 0 Å². The number of hydrogen-bond acceptors (Lipinski definition) is 5. The first kappa shape index (κ1) is 20.9. The number of nitrogens with zero attached hydrogens (tertiary/aromatic N) is 3. The summed E-state index contributed by atoms with van der Waals surface area (Å²) in [6, 6.07) is 0.331. The molecule has 8 heteroatoms. The van der Waals surface area contributed by atoms with Crippen molar-refractivity contribution in [2.75, 3.05) is 18.8 Å². The molecule has 2 rings (SSSR count). The van der Waals surface area contributed by atoms with Crippen molar-refractivity contribution in [2.24, 2.45) is 4.99 Å². The van der Waals surface area contributed by atoms with Crippen molar-refractivity contribution < 1.29 is 8.73 Å². The van der Waals surface area contributed by atoms with E-state index in [2.05, 4.69) is 32.7 Å². The highest BCUT2D eigenvalue weighted by molar-refractivity contribution is 7.85. The van der Waals surface area contributed by atoms with E-state index in [0.717, 1.165) is 49.8 Å². The van der Waals surface area contributed by atoms with Crippen LogP contribution >= 0.6 is 0 Å². The molecular formula is C18H33N5O2S. The molecule has 1 saturated carbocycles. The van der Waals surface area contributed by atoms with Crippen LogP contribution in [0, 0.1) is 0 Å². The zero-order chi connectivity index (χ0) is 18.9. The summed E-state index contributed by atoms with van der Waals surface area (Å²) in [5, 5.41) is 11.1. The fourth-order valence-corrected chi connectivity index (χ4v) is 4.48. The van der Waals surface area contributed by atoms with Crippen molar-refractivity contribution in [2.45, 2.75) is 77.0 Å². The molecule has 0 amide bonds. The van der Waals surface area contributed by atoms with E-state index in [0.29, 0.717) is 30.1 Å². The second-order valence-corrected chi connectivity index (χ2v) is 9.02. The Kier molecular flexibility index (Phi) is 8.54. The van der Waals surface area contributed by atoms with Gasteiger partial charge in [-0.3, -0.25) is 9.20 Å². The normalized spacial score (nSPS) is 22.4. The lowest BCUT2D eigenvalue weighted by Gasteiger charge is -2.30. The molecule has 0 spiro atoms. The number of hydrogen-bond donors (Lipinski definition) is 2. The van der Waals surface area contributed by atoms with E-state index in [-0.39, 0.29) is 5.92 Å². The van der Waals surface area contributed by atoms with Gasteiger partial charge in [-0.15, -0.1) is 0 Å². The standard InChI is InChI=1S/C18H33N5O2S/c1-5-19-18(20-11-10-16-22-17(13(3)4)23-25-16)21-14-8-7-9-15(12-14)26(24)6-2/h13-15H,5-12H2,1-4H3,(H2,19,20,21). The number of guanidine groups is 1. The van der Waals surface area contributed by atoms with Crippen LogP contribution in [0.3, 0.4) is 0 Å². The van der Waals surface area contributed by atoms with E-state index in [9.17, 15) is 4.21 Å². The molecular weight excluding hydrogens is 350 g/mol. The third kappa shape index (κ3) is 6.37. The molecule has 1 heterocycles. The predicted octanol–water partition coefficient (Wildman–Crippen LogP) is 2.37. The molecule has 1 aromatic rings. The van der Waals surface area contributed by atoms with Crippen LogP contribution < -0.4 is 10.6 Å². The van der Waals surface area contributed by atoms with E-state index in [1.807, 2.05) is 20.8 Å². The lowest BCUT2D eigenvalue weighted by molar-refractivity contribution is 0.372. The van der Waals surface area contributed by atoms with E-state index in [4.69, 9.17) is 4.52 Å². The first-order chi connectivity index (χ1) is 12.5. The first-order valence-electron chi connectivity index (χ1n) is 9.77. The molecule has 0 saturated heterocycles. The smallest absolute Gasteiger partial charge is 0.228 e. The second-order valence-electron chi connectivity index (χ2n) is 7.01. The molecule has 1 aliphatic rings. The summed E-state index contributed by atoms with van der Waals surface area (Å²) in [4.78, 5) is 9.02. The maximum atomic E-state index is 12.1. The molecule has 1 aromatic heterocycles. The Morgan fingerprint density at radius 2 is 2.19 bits per heavy atom. The summed E-state index contributed by atoms with van der Waals surface area (Å²) in [5.41, 5.74) is 0. The number of aromatic nitrogens is 2. The highest BCUT2D eigenvalue weighted by Crippen LogP contribution is 2.23. The van der Waals surface area contributed by atoms with Gasteiger partial charge in [-0.2, -0.15) is 4.98 Å². The molecule has 2 N–H and O–H groups in total. The van der Waals surface area contributed by atoms with Crippen LogP contribution in [-0.4, -0.2) is 50.4 Å². The minimum absolute atomic E-state index is 0.267. The van der Waals surface area contributed by atoms with Crippen LogP contribution in [0.1, 0.15) is 71.0 Å². The van der Waals surface area contributed by atoms with Gasteiger partial charge in [0.25, 0.3) is 0 Å². The average molecular weight is 384 g/mol. The van der Waals surface area contributed by atoms with Crippen molar-refractivity contribution in [1.29, 1.82) is 0 Å². The fourth-order valence-electron chi connectivity index (χ4n) is 3.13. The minimum Gasteiger partial charge on any atom is -0.357 e. The molecule has 1 aliphatic carbocycles. The first-order valence-corrected chi connectivity index (χ1v) is 11.2. The SMILES string of the molecule is CCNC(=NCCc1nc(C(C)C)no1)NC1CCCC(S(=O)CC)C1. The topological polar surface area (TPSA) is 92.4 Å². The number of nitrogens with one attached hydrogen (secondary N) is 2. The second kappa shape index (κ2) is 10.6. The Labute approximate surface area is 159 Å². The van der Waals surface area contributed by atoms with Crippen molar-refractivity contribution >= 4 is 16.8 Å². The van der Waals surface area contributed by atoms with E-state index in [1.54, 1.807) is 0 Å². The molecule has 0 bridgehead atoms. The predicted molar refractivity (Wildman–Crippen MR) is 106 cm³/mol. The fraction of sp³-hybridized carbons (Fsp3) is 0.833. The van der Waals surface area contributed by atoms with Gasteiger partial charge in [0.2, 0.25) is 5.89 Å². The van der Waals surface area contributed by atoms with Crippen LogP contribution in [0.2, 0.25) is 0 Å². The maximum Gasteiger partial charge on any atom is 0.228 e. The Balaban J connectivity index is 1.88. The molecule has 0 radical (unpaired) electrons. The van der Waals surface area contributed by atoms with Gasteiger partial charge in [-0.25, -0.2) is 0 Å². The van der Waals surface area contributed by atoms with Crippen LogP contribution in [0.4, 0.5) is 0 Å². The van der Waals surface area contributed by atoms with Crippen LogP contribution in [-0.2, 0) is 17.2 Å². The Bertz CT molecular complexity index is 602. The van der Waals surface area contributed by atoms with Crippen molar-refractivity contribution in [3.63, 3.8) is 0 Å². The van der Waals surface area contributed by atoms with Crippen molar-refractivity contribution in [3.8, 4) is 0 Å². The summed E-state index contributed by atoms with van der Waals surface area (Å²) in [6.07, 6.45) is 4.87. The summed E-state index contributed by atoms with van der Waals surface area (Å²) in [5.74, 6) is 3.19. The lowest BCUT2D eigenvalue weighted by atomic mass is 9.95. The molecule has 3 atom stereocenters. The highest BCUT2D eigenvalue weighted by Gasteiger charge is 2.26. The molecule has 1 fully saturated rings. The quantitative estimate of drug-likeness (QED) is 0.529. The maximum absolute atomic E-state index is 12.1. The van der Waals surface area contributed by atoms with Crippen molar-refractivity contribution in [3.05, 3.63) is 11.7 Å². The third-order valence-corrected chi connectivity index (χ3v) is 6.30. The van der Waals surface area contributed by atoms with Gasteiger partial charge in [0.1, 0.15) is 0 Å². The van der Waals surface area contributed by atoms with Gasteiger partial charge in [0, 0.05) is 46.7 Å². The number of rotatable bonds is 8. The zero-order valence-corrected chi connectivity index (χ0v) is 17.3. The lowest BCUT2D eigenvalue weighted by Crippen LogP contribution is -2.46. The van der Waals surface area contributed by atoms with Gasteiger partial charge < -0.3 is 15.2 Å². The van der Waals surface area contributed by atoms with Gasteiger partial charge in [-0.1, -0.05) is 32.3 Å². The molecule has 7 nitrogen and oxygen atoms in total. The summed E-state index contributed by atoms with van der Waals surface area (Å²) >= 11 is 0. The summed E-state index contributed by atoms with van der Waals surface area (Å²) in [6.45, 7) is 9.54. The Hall–Kier alpha value is -1.44. The monoisotopic (exact) mass is 383 g/mol. The van der Waals surface area contributed by atoms with Crippen LogP contribution in [0.25, 0.3) is 0 Å². The van der Waals surface area contributed by atoms with Crippen LogP contribution in [0.15, 0.2) is 9.52 Å². The van der Waals surface area contributed by atoms with Gasteiger partial charge in [-0.05, 0) is 26.2 Å². The molecule has 0 aliphatic heterocycles. The van der Waals surface area contributed by atoms with Gasteiger partial charge >= 0.3 is 0 Å². The summed E-state index contributed by atoms with van der Waals surface area (Å²) in [7, 11) is -0.713. The summed E-state index contributed by atoms with van der Waals surface area (Å²) < 4.78 is 17.4. The van der Waals surface area contributed by atoms with E-state index in [1.165, 1.54) is 0 Å². The van der Waals surface area contributed by atoms with E-state index < -0.39 is 10.8 Å². The van der Waals surface area contributed by atoms with Gasteiger partial charge in [0.15, 0.2) is 11.8 Å². The average Bonchev–Trinajstić information content (AvgIpc) is 3.10. The van der Waals surface area contributed by atoms with Crippen molar-refractivity contribution in [1.82, 2.24) is 20.8 Å². The molecule has 26 heavy (non-hydrogen) atoms. The largest absolute Gasteiger partial charge is 0.357 e. The molecule has 0 aromatic carbocycles. The Morgan fingerprint density at radius 1 is 1.38 bits per heavy atom. The van der Waals surface area contributed by atoms with E-state index >= 15 is 0 Å².